The lowest BCUT2D eigenvalue weighted by molar-refractivity contribution is 0.0696. The minimum absolute atomic E-state index is 0.0766. The Morgan fingerprint density at radius 1 is 1.07 bits per heavy atom. The molecule has 8 nitrogen and oxygen atoms in total. The molecular formula is C18H19N3O5S. The van der Waals surface area contributed by atoms with Crippen molar-refractivity contribution in [2.45, 2.75) is 11.8 Å². The number of hydrogen-bond donors (Lipinski definition) is 1. The number of hydrogen-bond acceptors (Lipinski definition) is 6. The number of anilines is 1. The SMILES string of the molecule is CC(=O)c1cccc(S(=O)(=O)N2CCN(c3ncccc3C(=O)O)CC2)c1. The maximum Gasteiger partial charge on any atom is 0.339 e. The zero-order chi connectivity index (χ0) is 19.6. The van der Waals surface area contributed by atoms with E-state index in [1.54, 1.807) is 23.1 Å². The molecule has 1 aliphatic heterocycles. The predicted molar refractivity (Wildman–Crippen MR) is 98.6 cm³/mol. The molecule has 27 heavy (non-hydrogen) atoms. The Morgan fingerprint density at radius 3 is 2.41 bits per heavy atom. The summed E-state index contributed by atoms with van der Waals surface area (Å²) in [4.78, 5) is 28.9. The van der Waals surface area contributed by atoms with Crippen molar-refractivity contribution in [3.8, 4) is 0 Å². The van der Waals surface area contributed by atoms with Crippen molar-refractivity contribution >= 4 is 27.6 Å². The second-order valence-corrected chi connectivity index (χ2v) is 8.09. The van der Waals surface area contributed by atoms with Crippen LogP contribution < -0.4 is 4.90 Å². The van der Waals surface area contributed by atoms with E-state index in [0.717, 1.165) is 0 Å². The second kappa shape index (κ2) is 7.45. The molecule has 0 bridgehead atoms. The lowest BCUT2D eigenvalue weighted by Crippen LogP contribution is -2.49. The molecule has 0 saturated carbocycles. The number of rotatable bonds is 5. The molecule has 2 aromatic rings. The van der Waals surface area contributed by atoms with Gasteiger partial charge < -0.3 is 10.0 Å². The molecule has 1 saturated heterocycles. The van der Waals surface area contributed by atoms with E-state index in [4.69, 9.17) is 0 Å². The normalized spacial score (nSPS) is 15.5. The summed E-state index contributed by atoms with van der Waals surface area (Å²) in [5, 5.41) is 9.30. The van der Waals surface area contributed by atoms with Crippen LogP contribution in [0, 0.1) is 0 Å². The number of carboxylic acid groups (broad SMARTS) is 1. The molecule has 1 aliphatic rings. The van der Waals surface area contributed by atoms with E-state index in [0.29, 0.717) is 24.5 Å². The number of benzene rings is 1. The summed E-state index contributed by atoms with van der Waals surface area (Å²) < 4.78 is 27.1. The standard InChI is InChI=1S/C18H19N3O5S/c1-13(22)14-4-2-5-15(12-14)27(25,26)21-10-8-20(9-11-21)17-16(18(23)24)6-3-7-19-17/h2-7,12H,8-11H2,1H3,(H,23,24). The first-order valence-electron chi connectivity index (χ1n) is 8.35. The highest BCUT2D eigenvalue weighted by atomic mass is 32.2. The van der Waals surface area contributed by atoms with Gasteiger partial charge in [0.2, 0.25) is 10.0 Å². The van der Waals surface area contributed by atoms with Crippen molar-refractivity contribution in [2.75, 3.05) is 31.1 Å². The molecule has 9 heteroatoms. The van der Waals surface area contributed by atoms with E-state index in [1.165, 1.54) is 35.6 Å². The van der Waals surface area contributed by atoms with Gasteiger partial charge in [0.05, 0.1) is 4.90 Å². The third kappa shape index (κ3) is 3.83. The Morgan fingerprint density at radius 2 is 1.78 bits per heavy atom. The Bertz CT molecular complexity index is 982. The van der Waals surface area contributed by atoms with Crippen LogP contribution in [0.15, 0.2) is 47.5 Å². The van der Waals surface area contributed by atoms with Crippen LogP contribution in [0.25, 0.3) is 0 Å². The van der Waals surface area contributed by atoms with Crippen LogP contribution in [0.5, 0.6) is 0 Å². The Balaban J connectivity index is 1.78. The van der Waals surface area contributed by atoms with Gasteiger partial charge in [-0.3, -0.25) is 4.79 Å². The van der Waals surface area contributed by atoms with E-state index >= 15 is 0 Å². The van der Waals surface area contributed by atoms with Crippen LogP contribution in [-0.2, 0) is 10.0 Å². The van der Waals surface area contributed by atoms with Crippen LogP contribution >= 0.6 is 0 Å². The number of pyridine rings is 1. The van der Waals surface area contributed by atoms with Crippen LogP contribution in [0.4, 0.5) is 5.82 Å². The molecule has 0 unspecified atom stereocenters. The van der Waals surface area contributed by atoms with E-state index < -0.39 is 16.0 Å². The van der Waals surface area contributed by atoms with Crippen LogP contribution in [0.3, 0.4) is 0 Å². The molecule has 1 aromatic carbocycles. The van der Waals surface area contributed by atoms with Gasteiger partial charge in [-0.1, -0.05) is 12.1 Å². The van der Waals surface area contributed by atoms with Gasteiger partial charge in [-0.25, -0.2) is 18.2 Å². The molecule has 1 aromatic heterocycles. The molecule has 0 amide bonds. The predicted octanol–water partition coefficient (Wildman–Crippen LogP) is 1.49. The van der Waals surface area contributed by atoms with E-state index in [-0.39, 0.29) is 29.3 Å². The number of aromatic nitrogens is 1. The zero-order valence-electron chi connectivity index (χ0n) is 14.7. The smallest absolute Gasteiger partial charge is 0.339 e. The highest BCUT2D eigenvalue weighted by Gasteiger charge is 2.30. The first kappa shape index (κ1) is 19.0. The van der Waals surface area contributed by atoms with Crippen LogP contribution in [0.1, 0.15) is 27.6 Å². The van der Waals surface area contributed by atoms with Crippen LogP contribution in [-0.4, -0.2) is 60.7 Å². The van der Waals surface area contributed by atoms with Crippen molar-refractivity contribution in [3.05, 3.63) is 53.7 Å². The van der Waals surface area contributed by atoms with Crippen molar-refractivity contribution in [2.24, 2.45) is 0 Å². The number of ketones is 1. The topological polar surface area (TPSA) is 108 Å². The summed E-state index contributed by atoms with van der Waals surface area (Å²) >= 11 is 0. The number of carbonyl (C=O) groups is 2. The number of piperazine rings is 1. The van der Waals surface area contributed by atoms with Crippen molar-refractivity contribution < 1.29 is 23.1 Å². The lowest BCUT2D eigenvalue weighted by atomic mass is 10.2. The molecule has 0 atom stereocenters. The lowest BCUT2D eigenvalue weighted by Gasteiger charge is -2.35. The van der Waals surface area contributed by atoms with Gasteiger partial charge in [0.15, 0.2) is 5.78 Å². The quantitative estimate of drug-likeness (QED) is 0.772. The number of Topliss-reactive ketones (excluding diaryl/α,β-unsaturated/α-hetero) is 1. The fourth-order valence-corrected chi connectivity index (χ4v) is 4.45. The van der Waals surface area contributed by atoms with Crippen molar-refractivity contribution in [1.82, 2.24) is 9.29 Å². The number of carbonyl (C=O) groups excluding carboxylic acids is 1. The summed E-state index contributed by atoms with van der Waals surface area (Å²) in [5.74, 6) is -0.942. The second-order valence-electron chi connectivity index (χ2n) is 6.15. The Hall–Kier alpha value is -2.78. The van der Waals surface area contributed by atoms with Crippen LogP contribution in [0.2, 0.25) is 0 Å². The van der Waals surface area contributed by atoms with E-state index in [1.807, 2.05) is 0 Å². The molecule has 0 spiro atoms. The van der Waals surface area contributed by atoms with Gasteiger partial charge >= 0.3 is 5.97 Å². The first-order valence-corrected chi connectivity index (χ1v) is 9.79. The molecular weight excluding hydrogens is 370 g/mol. The fraction of sp³-hybridized carbons (Fsp3) is 0.278. The molecule has 1 N–H and O–H groups in total. The fourth-order valence-electron chi connectivity index (χ4n) is 2.98. The van der Waals surface area contributed by atoms with Gasteiger partial charge in [-0.05, 0) is 31.2 Å². The van der Waals surface area contributed by atoms with E-state index in [9.17, 15) is 23.1 Å². The maximum atomic E-state index is 12.9. The Kier molecular flexibility index (Phi) is 5.24. The Labute approximate surface area is 157 Å². The van der Waals surface area contributed by atoms with Gasteiger partial charge in [-0.2, -0.15) is 4.31 Å². The average molecular weight is 389 g/mol. The summed E-state index contributed by atoms with van der Waals surface area (Å²) in [5.41, 5.74) is 0.428. The monoisotopic (exact) mass is 389 g/mol. The average Bonchev–Trinajstić information content (AvgIpc) is 2.68. The summed E-state index contributed by atoms with van der Waals surface area (Å²) in [6, 6.07) is 9.00. The molecule has 2 heterocycles. The number of aromatic carboxylic acids is 1. The highest BCUT2D eigenvalue weighted by molar-refractivity contribution is 7.89. The highest BCUT2D eigenvalue weighted by Crippen LogP contribution is 2.23. The van der Waals surface area contributed by atoms with Gasteiger partial charge in [-0.15, -0.1) is 0 Å². The molecule has 0 radical (unpaired) electrons. The maximum absolute atomic E-state index is 12.9. The number of sulfonamides is 1. The van der Waals surface area contributed by atoms with E-state index in [2.05, 4.69) is 4.98 Å². The van der Waals surface area contributed by atoms with Crippen molar-refractivity contribution in [1.29, 1.82) is 0 Å². The third-order valence-electron chi connectivity index (χ3n) is 4.43. The molecule has 0 aliphatic carbocycles. The largest absolute Gasteiger partial charge is 0.478 e. The minimum atomic E-state index is -3.73. The first-order chi connectivity index (χ1) is 12.8. The molecule has 1 fully saturated rings. The van der Waals surface area contributed by atoms with Gasteiger partial charge in [0, 0.05) is 37.9 Å². The summed E-state index contributed by atoms with van der Waals surface area (Å²) in [7, 11) is -3.73. The number of carboxylic acids is 1. The molecule has 3 rings (SSSR count). The molecule has 142 valence electrons. The summed E-state index contributed by atoms with van der Waals surface area (Å²) in [6.45, 7) is 2.42. The van der Waals surface area contributed by atoms with Gasteiger partial charge in [0.25, 0.3) is 0 Å². The zero-order valence-corrected chi connectivity index (χ0v) is 15.5. The third-order valence-corrected chi connectivity index (χ3v) is 6.33. The summed E-state index contributed by atoms with van der Waals surface area (Å²) in [6.07, 6.45) is 1.51. The van der Waals surface area contributed by atoms with Crippen molar-refractivity contribution in [3.63, 3.8) is 0 Å². The number of nitrogens with zero attached hydrogens (tertiary/aromatic N) is 3. The van der Waals surface area contributed by atoms with Gasteiger partial charge in [0.1, 0.15) is 11.4 Å². The minimum Gasteiger partial charge on any atom is -0.478 e.